The van der Waals surface area contributed by atoms with Gasteiger partial charge in [-0.25, -0.2) is 8.42 Å². The molecule has 0 spiro atoms. The molecule has 96 valence electrons. The predicted octanol–water partition coefficient (Wildman–Crippen LogP) is 3.03. The van der Waals surface area contributed by atoms with Crippen LogP contribution in [-0.2, 0) is 15.2 Å². The zero-order valence-electron chi connectivity index (χ0n) is 8.58. The molecule has 0 aromatic heterocycles. The van der Waals surface area contributed by atoms with Gasteiger partial charge in [0.15, 0.2) is 0 Å². The summed E-state index contributed by atoms with van der Waals surface area (Å²) in [6.07, 6.45) is -4.82. The molecule has 0 saturated heterocycles. The monoisotopic (exact) mass is 288 g/mol. The zero-order valence-corrected chi connectivity index (χ0v) is 10.2. The Balaban J connectivity index is 3.43. The summed E-state index contributed by atoms with van der Waals surface area (Å²) in [6, 6.07) is 2.50. The van der Waals surface area contributed by atoms with E-state index in [9.17, 15) is 21.6 Å². The first-order valence-electron chi connectivity index (χ1n) is 4.45. The van der Waals surface area contributed by atoms with E-state index in [4.69, 9.17) is 15.4 Å². The summed E-state index contributed by atoms with van der Waals surface area (Å²) in [4.78, 5) is -0.977. The molecule has 0 aliphatic rings. The van der Waals surface area contributed by atoms with Crippen molar-refractivity contribution in [2.75, 3.05) is 6.61 Å². The number of hydrogen-bond acceptors (Lipinski definition) is 3. The summed E-state index contributed by atoms with van der Waals surface area (Å²) < 4.78 is 64.7. The number of benzene rings is 1. The zero-order chi connectivity index (χ0) is 13.3. The Kier molecular flexibility index (Phi) is 3.93. The summed E-state index contributed by atoms with van der Waals surface area (Å²) in [5.41, 5.74) is -1.33. The quantitative estimate of drug-likeness (QED) is 0.803. The van der Waals surface area contributed by atoms with Gasteiger partial charge in [-0.2, -0.15) is 13.2 Å². The first-order valence-corrected chi connectivity index (χ1v) is 6.76. The van der Waals surface area contributed by atoms with E-state index < -0.39 is 25.7 Å². The molecule has 0 atom stereocenters. The van der Waals surface area contributed by atoms with Gasteiger partial charge in [-0.15, -0.1) is 0 Å². The molecule has 17 heavy (non-hydrogen) atoms. The molecule has 0 unspecified atom stereocenters. The van der Waals surface area contributed by atoms with E-state index in [2.05, 4.69) is 0 Å². The average Bonchev–Trinajstić information content (AvgIpc) is 2.15. The van der Waals surface area contributed by atoms with Crippen molar-refractivity contribution in [1.29, 1.82) is 0 Å². The summed E-state index contributed by atoms with van der Waals surface area (Å²) in [7, 11) is 0.479. The summed E-state index contributed by atoms with van der Waals surface area (Å²) in [5.74, 6) is -0.0658. The van der Waals surface area contributed by atoms with Crippen molar-refractivity contribution in [3.63, 3.8) is 0 Å². The van der Waals surface area contributed by atoms with Crippen LogP contribution < -0.4 is 4.74 Å². The molecule has 0 radical (unpaired) electrons. The average molecular weight is 289 g/mol. The van der Waals surface area contributed by atoms with Crippen LogP contribution in [-0.4, -0.2) is 15.0 Å². The van der Waals surface area contributed by atoms with Gasteiger partial charge in [0.1, 0.15) is 5.75 Å². The van der Waals surface area contributed by atoms with Crippen molar-refractivity contribution >= 4 is 19.7 Å². The standard InChI is InChI=1S/C9H8ClF3O3S/c1-2-16-6-3-4-8(17(10,14)15)7(5-6)9(11,12)13/h3-5H,2H2,1H3. The molecule has 1 rings (SSSR count). The van der Waals surface area contributed by atoms with Gasteiger partial charge in [-0.05, 0) is 25.1 Å². The topological polar surface area (TPSA) is 43.4 Å². The molecule has 0 aliphatic heterocycles. The van der Waals surface area contributed by atoms with E-state index in [0.717, 1.165) is 12.1 Å². The van der Waals surface area contributed by atoms with Gasteiger partial charge in [0, 0.05) is 10.7 Å². The van der Waals surface area contributed by atoms with Gasteiger partial charge >= 0.3 is 6.18 Å². The molecule has 0 heterocycles. The smallest absolute Gasteiger partial charge is 0.417 e. The molecule has 0 fully saturated rings. The van der Waals surface area contributed by atoms with Crippen molar-refractivity contribution in [2.24, 2.45) is 0 Å². The van der Waals surface area contributed by atoms with Crippen LogP contribution in [0.15, 0.2) is 23.1 Å². The summed E-state index contributed by atoms with van der Waals surface area (Å²) in [6.45, 7) is 1.77. The normalized spacial score (nSPS) is 12.5. The third-order valence-electron chi connectivity index (χ3n) is 1.83. The van der Waals surface area contributed by atoms with Crippen molar-refractivity contribution in [3.8, 4) is 5.75 Å². The lowest BCUT2D eigenvalue weighted by atomic mass is 10.2. The second-order valence-corrected chi connectivity index (χ2v) is 5.56. The van der Waals surface area contributed by atoms with Crippen LogP contribution in [0, 0.1) is 0 Å². The highest BCUT2D eigenvalue weighted by Crippen LogP contribution is 2.37. The minimum absolute atomic E-state index is 0.0658. The van der Waals surface area contributed by atoms with E-state index >= 15 is 0 Å². The largest absolute Gasteiger partial charge is 0.494 e. The Bertz CT molecular complexity index is 511. The van der Waals surface area contributed by atoms with Crippen molar-refractivity contribution < 1.29 is 26.3 Å². The van der Waals surface area contributed by atoms with Crippen LogP contribution in [0.4, 0.5) is 13.2 Å². The minimum atomic E-state index is -4.82. The maximum Gasteiger partial charge on any atom is 0.417 e. The van der Waals surface area contributed by atoms with Gasteiger partial charge in [0.05, 0.1) is 17.1 Å². The van der Waals surface area contributed by atoms with Crippen molar-refractivity contribution in [2.45, 2.75) is 18.0 Å². The molecule has 8 heteroatoms. The molecular formula is C9H8ClF3O3S. The number of hydrogen-bond donors (Lipinski definition) is 0. The third kappa shape index (κ3) is 3.50. The van der Waals surface area contributed by atoms with Gasteiger partial charge < -0.3 is 4.74 Å². The molecule has 1 aromatic carbocycles. The van der Waals surface area contributed by atoms with Crippen molar-refractivity contribution in [3.05, 3.63) is 23.8 Å². The maximum atomic E-state index is 12.6. The highest BCUT2D eigenvalue weighted by Gasteiger charge is 2.37. The molecule has 0 amide bonds. The van der Waals surface area contributed by atoms with Gasteiger partial charge in [0.25, 0.3) is 9.05 Å². The van der Waals surface area contributed by atoms with Gasteiger partial charge in [-0.1, -0.05) is 0 Å². The molecular weight excluding hydrogens is 281 g/mol. The summed E-state index contributed by atoms with van der Waals surface area (Å²) in [5, 5.41) is 0. The molecule has 1 aromatic rings. The van der Waals surface area contributed by atoms with Crippen LogP contribution in [0.2, 0.25) is 0 Å². The van der Waals surface area contributed by atoms with Crippen LogP contribution >= 0.6 is 10.7 Å². The fourth-order valence-electron chi connectivity index (χ4n) is 1.20. The molecule has 0 aliphatic carbocycles. The Hall–Kier alpha value is -0.950. The number of rotatable bonds is 3. The third-order valence-corrected chi connectivity index (χ3v) is 3.21. The number of halogens is 4. The van der Waals surface area contributed by atoms with E-state index in [0.29, 0.717) is 6.07 Å². The van der Waals surface area contributed by atoms with E-state index in [1.807, 2.05) is 0 Å². The Labute approximate surface area is 101 Å². The first kappa shape index (κ1) is 14.1. The second kappa shape index (κ2) is 4.73. The second-order valence-electron chi connectivity index (χ2n) is 3.03. The van der Waals surface area contributed by atoms with E-state index in [1.54, 1.807) is 6.92 Å². The van der Waals surface area contributed by atoms with Crippen LogP contribution in [0.3, 0.4) is 0 Å². The fourth-order valence-corrected chi connectivity index (χ4v) is 2.27. The minimum Gasteiger partial charge on any atom is -0.494 e. The number of alkyl halides is 3. The fraction of sp³-hybridized carbons (Fsp3) is 0.333. The van der Waals surface area contributed by atoms with Crippen LogP contribution in [0.25, 0.3) is 0 Å². The molecule has 0 N–H and O–H groups in total. The SMILES string of the molecule is CCOc1ccc(S(=O)(=O)Cl)c(C(F)(F)F)c1. The highest BCUT2D eigenvalue weighted by molar-refractivity contribution is 8.13. The van der Waals surface area contributed by atoms with E-state index in [1.165, 1.54) is 0 Å². The Morgan fingerprint density at radius 1 is 1.35 bits per heavy atom. The molecule has 0 bridgehead atoms. The lowest BCUT2D eigenvalue weighted by Crippen LogP contribution is -2.11. The van der Waals surface area contributed by atoms with E-state index in [-0.39, 0.29) is 12.4 Å². The Morgan fingerprint density at radius 2 is 1.94 bits per heavy atom. The lowest BCUT2D eigenvalue weighted by Gasteiger charge is -2.12. The first-order chi connectivity index (χ1) is 7.66. The van der Waals surface area contributed by atoms with Crippen LogP contribution in [0.1, 0.15) is 12.5 Å². The number of ether oxygens (including phenoxy) is 1. The molecule has 0 saturated carbocycles. The maximum absolute atomic E-state index is 12.6. The predicted molar refractivity (Wildman–Crippen MR) is 55.7 cm³/mol. The molecule has 3 nitrogen and oxygen atoms in total. The highest BCUT2D eigenvalue weighted by atomic mass is 35.7. The Morgan fingerprint density at radius 3 is 2.35 bits per heavy atom. The van der Waals surface area contributed by atoms with Crippen LogP contribution in [0.5, 0.6) is 5.75 Å². The lowest BCUT2D eigenvalue weighted by molar-refractivity contribution is -0.140. The van der Waals surface area contributed by atoms with Gasteiger partial charge in [-0.3, -0.25) is 0 Å². The van der Waals surface area contributed by atoms with Crippen molar-refractivity contribution in [1.82, 2.24) is 0 Å². The summed E-state index contributed by atoms with van der Waals surface area (Å²) >= 11 is 0. The van der Waals surface area contributed by atoms with Gasteiger partial charge in [0.2, 0.25) is 0 Å².